The van der Waals surface area contributed by atoms with E-state index in [-0.39, 0.29) is 20.7 Å². The second-order valence-corrected chi connectivity index (χ2v) is 12.7. The van der Waals surface area contributed by atoms with Crippen molar-refractivity contribution < 1.29 is 23.9 Å². The highest BCUT2D eigenvalue weighted by Gasteiger charge is 2.46. The average Bonchev–Trinajstić information content (AvgIpc) is 3.30. The van der Waals surface area contributed by atoms with E-state index in [2.05, 4.69) is 0 Å². The van der Waals surface area contributed by atoms with E-state index in [0.717, 1.165) is 34.7 Å². The SMILES string of the molecule is COC(=O)C1=C(C(=O)OC)SC(=C2C(=S)C(C)(C)N(C(=O)c3ccc(Cl)cc3Cl)c3cc(C)c(C)cc32)S1. The molecule has 2 aromatic rings. The Morgan fingerprint density at radius 3 is 2.00 bits per heavy atom. The predicted molar refractivity (Wildman–Crippen MR) is 159 cm³/mol. The molecule has 198 valence electrons. The number of ether oxygens (including phenoxy) is 2. The van der Waals surface area contributed by atoms with E-state index in [1.807, 2.05) is 39.8 Å². The number of esters is 2. The maximum Gasteiger partial charge on any atom is 0.346 e. The lowest BCUT2D eigenvalue weighted by molar-refractivity contribution is -0.138. The summed E-state index contributed by atoms with van der Waals surface area (Å²) in [4.78, 5) is 41.5. The van der Waals surface area contributed by atoms with Crippen molar-refractivity contribution in [3.63, 3.8) is 0 Å². The number of hydrogen-bond donors (Lipinski definition) is 0. The Labute approximate surface area is 244 Å². The van der Waals surface area contributed by atoms with E-state index < -0.39 is 17.5 Å². The Bertz CT molecular complexity index is 1470. The fraction of sp³-hybridized carbons (Fsp3) is 0.259. The summed E-state index contributed by atoms with van der Waals surface area (Å²) in [6, 6.07) is 8.65. The fourth-order valence-corrected chi connectivity index (χ4v) is 7.74. The van der Waals surface area contributed by atoms with Gasteiger partial charge in [0, 0.05) is 16.2 Å². The van der Waals surface area contributed by atoms with Crippen LogP contribution in [-0.2, 0) is 19.1 Å². The second-order valence-electron chi connectivity index (χ2n) is 9.11. The van der Waals surface area contributed by atoms with E-state index in [9.17, 15) is 14.4 Å². The molecule has 38 heavy (non-hydrogen) atoms. The van der Waals surface area contributed by atoms with Crippen LogP contribution < -0.4 is 4.90 Å². The second kappa shape index (κ2) is 10.7. The summed E-state index contributed by atoms with van der Waals surface area (Å²) < 4.78 is 10.5. The molecule has 0 bridgehead atoms. The van der Waals surface area contributed by atoms with Gasteiger partial charge in [-0.15, -0.1) is 0 Å². The number of thioether (sulfide) groups is 2. The number of hydrogen-bond acceptors (Lipinski definition) is 8. The number of methoxy groups -OCH3 is 2. The first-order valence-electron chi connectivity index (χ1n) is 11.3. The first-order valence-corrected chi connectivity index (χ1v) is 14.1. The molecule has 1 amide bonds. The molecule has 0 spiro atoms. The predicted octanol–water partition coefficient (Wildman–Crippen LogP) is 7.13. The summed E-state index contributed by atoms with van der Waals surface area (Å²) in [6.45, 7) is 7.65. The first-order chi connectivity index (χ1) is 17.8. The van der Waals surface area contributed by atoms with Crippen LogP contribution in [0.3, 0.4) is 0 Å². The van der Waals surface area contributed by atoms with Gasteiger partial charge in [0.25, 0.3) is 5.91 Å². The van der Waals surface area contributed by atoms with Crippen LogP contribution in [0.5, 0.6) is 0 Å². The van der Waals surface area contributed by atoms with Gasteiger partial charge in [-0.3, -0.25) is 9.69 Å². The van der Waals surface area contributed by atoms with Crippen LogP contribution in [0.25, 0.3) is 5.57 Å². The van der Waals surface area contributed by atoms with Crippen molar-refractivity contribution in [3.05, 3.63) is 76.7 Å². The Morgan fingerprint density at radius 2 is 1.47 bits per heavy atom. The van der Waals surface area contributed by atoms with E-state index >= 15 is 0 Å². The Morgan fingerprint density at radius 1 is 0.921 bits per heavy atom. The highest BCUT2D eigenvalue weighted by Crippen LogP contribution is 2.56. The minimum atomic E-state index is -0.979. The number of thiocarbonyl (C=S) groups is 1. The average molecular weight is 609 g/mol. The Hall–Kier alpha value is -2.30. The minimum Gasteiger partial charge on any atom is -0.465 e. The molecule has 0 unspecified atom stereocenters. The van der Waals surface area contributed by atoms with E-state index in [4.69, 9.17) is 44.9 Å². The third kappa shape index (κ3) is 4.79. The summed E-state index contributed by atoms with van der Waals surface area (Å²) in [5.74, 6) is -1.62. The molecule has 2 aromatic carbocycles. The molecule has 0 N–H and O–H groups in total. The smallest absolute Gasteiger partial charge is 0.346 e. The number of rotatable bonds is 3. The van der Waals surface area contributed by atoms with Gasteiger partial charge < -0.3 is 9.47 Å². The van der Waals surface area contributed by atoms with Crippen LogP contribution in [0.4, 0.5) is 5.69 Å². The minimum absolute atomic E-state index is 0.129. The van der Waals surface area contributed by atoms with E-state index in [0.29, 0.717) is 36.5 Å². The molecule has 2 aliphatic heterocycles. The van der Waals surface area contributed by atoms with E-state index in [1.54, 1.807) is 17.0 Å². The van der Waals surface area contributed by atoms with Crippen LogP contribution in [0, 0.1) is 13.8 Å². The van der Waals surface area contributed by atoms with Gasteiger partial charge in [-0.2, -0.15) is 0 Å². The quantitative estimate of drug-likeness (QED) is 0.207. The summed E-state index contributed by atoms with van der Waals surface area (Å²) in [5, 5.41) is 0.653. The van der Waals surface area contributed by atoms with Gasteiger partial charge >= 0.3 is 11.9 Å². The van der Waals surface area contributed by atoms with Gasteiger partial charge in [0.05, 0.1) is 45.1 Å². The number of anilines is 1. The third-order valence-electron chi connectivity index (χ3n) is 6.37. The lowest BCUT2D eigenvalue weighted by Gasteiger charge is -2.45. The van der Waals surface area contributed by atoms with Crippen molar-refractivity contribution in [2.45, 2.75) is 33.2 Å². The molecule has 0 saturated heterocycles. The molecule has 0 aromatic heterocycles. The summed E-state index contributed by atoms with van der Waals surface area (Å²) >= 11 is 20.8. The number of amides is 1. The summed E-state index contributed by atoms with van der Waals surface area (Å²) in [6.07, 6.45) is 0. The molecule has 11 heteroatoms. The highest BCUT2D eigenvalue weighted by atomic mass is 35.5. The molecule has 0 saturated carbocycles. The molecule has 0 aliphatic carbocycles. The van der Waals surface area contributed by atoms with Crippen molar-refractivity contribution in [2.24, 2.45) is 0 Å². The Balaban J connectivity index is 1.96. The summed E-state index contributed by atoms with van der Waals surface area (Å²) in [5.41, 5.74) is 3.30. The molecule has 0 fully saturated rings. The Kier molecular flexibility index (Phi) is 8.08. The molecule has 0 radical (unpaired) electrons. The topological polar surface area (TPSA) is 72.9 Å². The van der Waals surface area contributed by atoms with Gasteiger partial charge in [-0.05, 0) is 69.2 Å². The lowest BCUT2D eigenvalue weighted by Crippen LogP contribution is -2.56. The van der Waals surface area contributed by atoms with Crippen molar-refractivity contribution in [2.75, 3.05) is 19.1 Å². The zero-order chi connectivity index (χ0) is 28.1. The van der Waals surface area contributed by atoms with Gasteiger partial charge in [-0.25, -0.2) is 9.59 Å². The number of halogens is 2. The largest absolute Gasteiger partial charge is 0.465 e. The molecular formula is C27H23Cl2NO5S3. The molecule has 6 nitrogen and oxygen atoms in total. The number of nitrogens with zero attached hydrogens (tertiary/aromatic N) is 1. The number of aryl methyl sites for hydroxylation is 2. The zero-order valence-electron chi connectivity index (χ0n) is 21.4. The van der Waals surface area contributed by atoms with Crippen LogP contribution >= 0.6 is 58.9 Å². The normalized spacial score (nSPS) is 16.5. The van der Waals surface area contributed by atoms with Crippen molar-refractivity contribution in [1.82, 2.24) is 0 Å². The van der Waals surface area contributed by atoms with Crippen LogP contribution in [0.1, 0.15) is 40.9 Å². The van der Waals surface area contributed by atoms with Gasteiger partial charge in [0.1, 0.15) is 9.81 Å². The van der Waals surface area contributed by atoms with Crippen LogP contribution in [0.2, 0.25) is 10.0 Å². The fourth-order valence-electron chi connectivity index (χ4n) is 4.22. The monoisotopic (exact) mass is 607 g/mol. The highest BCUT2D eigenvalue weighted by molar-refractivity contribution is 8.29. The van der Waals surface area contributed by atoms with Crippen LogP contribution in [0.15, 0.2) is 44.4 Å². The van der Waals surface area contributed by atoms with E-state index in [1.165, 1.54) is 20.3 Å². The number of fused-ring (bicyclic) bond motifs is 1. The maximum absolute atomic E-state index is 14.0. The standard InChI is InChI=1S/C27H23Cl2NO5S3/c1-12-9-16-18(10-13(12)2)30(23(31)15-8-7-14(28)11-17(15)29)27(3,4)22(36)19(16)26-37-20(24(32)34-5)21(38-26)25(33)35-6/h7-11H,1-6H3. The molecule has 2 aliphatic rings. The molecule has 4 rings (SSSR count). The first kappa shape index (κ1) is 28.7. The lowest BCUT2D eigenvalue weighted by atomic mass is 9.81. The summed E-state index contributed by atoms with van der Waals surface area (Å²) in [7, 11) is 2.50. The number of benzene rings is 2. The van der Waals surface area contributed by atoms with Crippen molar-refractivity contribution in [1.29, 1.82) is 0 Å². The maximum atomic E-state index is 14.0. The van der Waals surface area contributed by atoms with Gasteiger partial charge in [-0.1, -0.05) is 58.9 Å². The number of carbonyl (C=O) groups excluding carboxylic acids is 3. The molecular weight excluding hydrogens is 585 g/mol. The molecule has 0 atom stereocenters. The zero-order valence-corrected chi connectivity index (χ0v) is 25.3. The van der Waals surface area contributed by atoms with Crippen molar-refractivity contribution >= 4 is 92.9 Å². The number of carbonyl (C=O) groups is 3. The van der Waals surface area contributed by atoms with Gasteiger partial charge in [0.2, 0.25) is 0 Å². The van der Waals surface area contributed by atoms with Crippen molar-refractivity contribution in [3.8, 4) is 0 Å². The third-order valence-corrected chi connectivity index (χ3v) is 10.2. The van der Waals surface area contributed by atoms with Gasteiger partial charge in [0.15, 0.2) is 0 Å². The molecule has 2 heterocycles. The van der Waals surface area contributed by atoms with Crippen LogP contribution in [-0.4, -0.2) is 42.5 Å².